The summed E-state index contributed by atoms with van der Waals surface area (Å²) in [6.07, 6.45) is 2.39. The Morgan fingerprint density at radius 1 is 1.06 bits per heavy atom. The molecule has 1 unspecified atom stereocenters. The number of fused-ring (bicyclic) bond motifs is 1. The molecule has 2 aromatic carbocycles. The number of nitrogens with one attached hydrogen (secondary N) is 2. The number of para-hydroxylation sites is 1. The van der Waals surface area contributed by atoms with Crippen molar-refractivity contribution in [3.63, 3.8) is 0 Å². The molecule has 0 radical (unpaired) electrons. The molecule has 0 fully saturated rings. The van der Waals surface area contributed by atoms with Gasteiger partial charge in [-0.15, -0.1) is 0 Å². The molecule has 0 aliphatic carbocycles. The van der Waals surface area contributed by atoms with Crippen LogP contribution in [0.1, 0.15) is 42.3 Å². The number of aromatic nitrogens is 2. The van der Waals surface area contributed by atoms with E-state index in [0.717, 1.165) is 18.2 Å². The van der Waals surface area contributed by atoms with Crippen LogP contribution in [0.15, 0.2) is 81.3 Å². The fourth-order valence-corrected chi connectivity index (χ4v) is 4.20. The summed E-state index contributed by atoms with van der Waals surface area (Å²) in [6, 6.07) is 18.0. The summed E-state index contributed by atoms with van der Waals surface area (Å²) in [5, 5.41) is 0.875. The van der Waals surface area contributed by atoms with Crippen LogP contribution in [0.3, 0.4) is 0 Å². The Kier molecular flexibility index (Phi) is 7.12. The normalized spacial score (nSPS) is 11.8. The van der Waals surface area contributed by atoms with Gasteiger partial charge in [0.2, 0.25) is 5.91 Å². The van der Waals surface area contributed by atoms with E-state index in [1.807, 2.05) is 30.3 Å². The zero-order valence-corrected chi connectivity index (χ0v) is 19.6. The molecular formula is C25H24N4O4S. The summed E-state index contributed by atoms with van der Waals surface area (Å²) in [6.45, 7) is 4.29. The third-order valence-corrected chi connectivity index (χ3v) is 6.41. The minimum Gasteiger partial charge on any atom is -0.459 e. The van der Waals surface area contributed by atoms with E-state index < -0.39 is 11.8 Å². The zero-order valence-electron chi connectivity index (χ0n) is 18.8. The molecule has 2 N–H and O–H groups in total. The first-order valence-electron chi connectivity index (χ1n) is 10.9. The highest BCUT2D eigenvalue weighted by molar-refractivity contribution is 7.99. The number of thioether (sulfide) groups is 1. The third kappa shape index (κ3) is 5.04. The monoisotopic (exact) mass is 476 g/mol. The SMILES string of the molecule is CCC(C)c1ccc(-n2c(SCC(=O)NNC(=O)c3ccco3)nc3ccccc3c2=O)cc1. The van der Waals surface area contributed by atoms with Crippen LogP contribution in [-0.4, -0.2) is 27.1 Å². The predicted molar refractivity (Wildman–Crippen MR) is 131 cm³/mol. The van der Waals surface area contributed by atoms with Gasteiger partial charge in [-0.25, -0.2) is 4.98 Å². The highest BCUT2D eigenvalue weighted by atomic mass is 32.2. The molecule has 0 saturated heterocycles. The Morgan fingerprint density at radius 2 is 1.82 bits per heavy atom. The van der Waals surface area contributed by atoms with Crippen LogP contribution >= 0.6 is 11.8 Å². The summed E-state index contributed by atoms with van der Waals surface area (Å²) < 4.78 is 6.51. The van der Waals surface area contributed by atoms with Crippen LogP contribution in [-0.2, 0) is 4.79 Å². The Hall–Kier alpha value is -3.85. The van der Waals surface area contributed by atoms with E-state index in [0.29, 0.717) is 27.7 Å². The van der Waals surface area contributed by atoms with Gasteiger partial charge >= 0.3 is 5.91 Å². The molecular weight excluding hydrogens is 452 g/mol. The second-order valence-corrected chi connectivity index (χ2v) is 8.66. The number of hydrogen-bond acceptors (Lipinski definition) is 6. The lowest BCUT2D eigenvalue weighted by Gasteiger charge is -2.15. The number of nitrogens with zero attached hydrogens (tertiary/aromatic N) is 2. The Labute approximate surface area is 200 Å². The van der Waals surface area contributed by atoms with Gasteiger partial charge < -0.3 is 4.42 Å². The second kappa shape index (κ2) is 10.4. The minimum absolute atomic E-state index is 0.0613. The van der Waals surface area contributed by atoms with Crippen LogP contribution in [0.5, 0.6) is 0 Å². The molecule has 0 spiro atoms. The van der Waals surface area contributed by atoms with Crippen molar-refractivity contribution in [3.8, 4) is 5.69 Å². The molecule has 2 amide bonds. The first-order valence-corrected chi connectivity index (χ1v) is 11.8. The lowest BCUT2D eigenvalue weighted by Crippen LogP contribution is -2.42. The summed E-state index contributed by atoms with van der Waals surface area (Å²) in [5.41, 5.74) is 6.84. The maximum Gasteiger partial charge on any atom is 0.305 e. The average molecular weight is 477 g/mol. The molecule has 1 atom stereocenters. The van der Waals surface area contributed by atoms with Gasteiger partial charge in [0.05, 0.1) is 28.6 Å². The van der Waals surface area contributed by atoms with E-state index in [1.54, 1.807) is 24.3 Å². The molecule has 8 nitrogen and oxygen atoms in total. The fraction of sp³-hybridized carbons (Fsp3) is 0.200. The van der Waals surface area contributed by atoms with Gasteiger partial charge in [0.1, 0.15) is 0 Å². The maximum absolute atomic E-state index is 13.4. The standard InChI is InChI=1S/C25H24N4O4S/c1-3-16(2)17-10-12-18(13-11-17)29-24(32)19-7-4-5-8-20(19)26-25(29)34-15-22(30)27-28-23(31)21-9-6-14-33-21/h4-14,16H,3,15H2,1-2H3,(H,27,30)(H,28,31). The summed E-state index contributed by atoms with van der Waals surface area (Å²) in [7, 11) is 0. The van der Waals surface area contributed by atoms with Gasteiger partial charge in [-0.05, 0) is 54.3 Å². The Morgan fingerprint density at radius 3 is 2.53 bits per heavy atom. The van der Waals surface area contributed by atoms with Gasteiger partial charge in [0, 0.05) is 0 Å². The number of carbonyl (C=O) groups excluding carboxylic acids is 2. The molecule has 9 heteroatoms. The molecule has 0 saturated carbocycles. The predicted octanol–water partition coefficient (Wildman–Crippen LogP) is 4.05. The van der Waals surface area contributed by atoms with Crippen molar-refractivity contribution in [1.82, 2.24) is 20.4 Å². The van der Waals surface area contributed by atoms with E-state index in [-0.39, 0.29) is 17.1 Å². The first-order chi connectivity index (χ1) is 16.5. The van der Waals surface area contributed by atoms with Gasteiger partial charge in [0.25, 0.3) is 5.56 Å². The van der Waals surface area contributed by atoms with Crippen LogP contribution in [0.4, 0.5) is 0 Å². The minimum atomic E-state index is -0.564. The number of furan rings is 1. The molecule has 4 rings (SSSR count). The molecule has 0 aliphatic rings. The lowest BCUT2D eigenvalue weighted by molar-refractivity contribution is -0.119. The highest BCUT2D eigenvalue weighted by Gasteiger charge is 2.16. The summed E-state index contributed by atoms with van der Waals surface area (Å²) >= 11 is 1.11. The molecule has 0 aliphatic heterocycles. The molecule has 2 aromatic heterocycles. The average Bonchev–Trinajstić information content (AvgIpc) is 3.41. The van der Waals surface area contributed by atoms with E-state index in [9.17, 15) is 14.4 Å². The van der Waals surface area contributed by atoms with E-state index in [2.05, 4.69) is 29.7 Å². The van der Waals surface area contributed by atoms with Crippen molar-refractivity contribution >= 4 is 34.5 Å². The van der Waals surface area contributed by atoms with Crippen LogP contribution in [0, 0.1) is 0 Å². The Bertz CT molecular complexity index is 1360. The van der Waals surface area contributed by atoms with E-state index >= 15 is 0 Å². The van der Waals surface area contributed by atoms with E-state index in [4.69, 9.17) is 4.42 Å². The highest BCUT2D eigenvalue weighted by Crippen LogP contribution is 2.24. The quantitative estimate of drug-likeness (QED) is 0.237. The van der Waals surface area contributed by atoms with Crippen LogP contribution in [0.2, 0.25) is 0 Å². The van der Waals surface area contributed by atoms with Crippen molar-refractivity contribution in [2.24, 2.45) is 0 Å². The van der Waals surface area contributed by atoms with Crippen molar-refractivity contribution in [2.45, 2.75) is 31.3 Å². The molecule has 0 bridgehead atoms. The van der Waals surface area contributed by atoms with Crippen molar-refractivity contribution in [3.05, 3.63) is 88.6 Å². The van der Waals surface area contributed by atoms with Crippen LogP contribution in [0.25, 0.3) is 16.6 Å². The summed E-state index contributed by atoms with van der Waals surface area (Å²) in [4.78, 5) is 42.3. The first kappa shape index (κ1) is 23.3. The van der Waals surface area contributed by atoms with Crippen molar-refractivity contribution < 1.29 is 14.0 Å². The van der Waals surface area contributed by atoms with Gasteiger partial charge in [-0.1, -0.05) is 49.9 Å². The lowest BCUT2D eigenvalue weighted by atomic mass is 9.98. The topological polar surface area (TPSA) is 106 Å². The number of rotatable bonds is 7. The van der Waals surface area contributed by atoms with E-state index in [1.165, 1.54) is 22.5 Å². The third-order valence-electron chi connectivity index (χ3n) is 5.47. The molecule has 174 valence electrons. The fourth-order valence-electron chi connectivity index (χ4n) is 3.39. The summed E-state index contributed by atoms with van der Waals surface area (Å²) in [5.74, 6) is -0.585. The maximum atomic E-state index is 13.4. The number of carbonyl (C=O) groups is 2. The molecule has 4 aromatic rings. The van der Waals surface area contributed by atoms with Gasteiger partial charge in [0.15, 0.2) is 10.9 Å². The van der Waals surface area contributed by atoms with Crippen LogP contribution < -0.4 is 16.4 Å². The van der Waals surface area contributed by atoms with Gasteiger partial charge in [-0.3, -0.25) is 29.8 Å². The zero-order chi connectivity index (χ0) is 24.1. The molecule has 2 heterocycles. The number of benzene rings is 2. The Balaban J connectivity index is 1.58. The largest absolute Gasteiger partial charge is 0.459 e. The smallest absolute Gasteiger partial charge is 0.305 e. The number of amides is 2. The second-order valence-electron chi connectivity index (χ2n) is 7.72. The number of hydrazine groups is 1. The molecule has 34 heavy (non-hydrogen) atoms. The van der Waals surface area contributed by atoms with Crippen molar-refractivity contribution in [1.29, 1.82) is 0 Å². The number of hydrogen-bond donors (Lipinski definition) is 2. The van der Waals surface area contributed by atoms with Crippen molar-refractivity contribution in [2.75, 3.05) is 5.75 Å². The van der Waals surface area contributed by atoms with Gasteiger partial charge in [-0.2, -0.15) is 0 Å².